The molecule has 4 heterocycles. The van der Waals surface area contributed by atoms with Crippen molar-refractivity contribution >= 4 is 11.7 Å². The number of piperidine rings is 2. The predicted molar refractivity (Wildman–Crippen MR) is 159 cm³/mol. The summed E-state index contributed by atoms with van der Waals surface area (Å²) in [6.45, 7) is 5.94. The monoisotopic (exact) mass is 565 g/mol. The molecule has 2 saturated heterocycles. The zero-order valence-corrected chi connectivity index (χ0v) is 25.0. The van der Waals surface area contributed by atoms with Gasteiger partial charge in [0.25, 0.3) is 5.91 Å². The molecule has 5 aliphatic rings. The summed E-state index contributed by atoms with van der Waals surface area (Å²) in [6, 6.07) is 14.8. The Kier molecular flexibility index (Phi) is 5.56. The lowest BCUT2D eigenvalue weighted by Crippen LogP contribution is -2.62. The number of nitrogens with zero attached hydrogens (tertiary/aromatic N) is 2. The number of amides is 1. The molecule has 42 heavy (non-hydrogen) atoms. The molecule has 1 amide bonds. The van der Waals surface area contributed by atoms with Gasteiger partial charge in [-0.3, -0.25) is 9.59 Å². The van der Waals surface area contributed by atoms with E-state index in [1.165, 1.54) is 16.7 Å². The maximum Gasteiger partial charge on any atom is 0.270 e. The van der Waals surface area contributed by atoms with Crippen LogP contribution in [0.15, 0.2) is 42.5 Å². The SMILES string of the molecule is COc1ccc2c3c1O[C@H]1c4[nH]c(C(=O)N5CCC(C(C)=O)(c6ccccc6)CC5)c(C)c4C[C@H]4[C@@H](C2)N(C)CCC314. The van der Waals surface area contributed by atoms with Gasteiger partial charge in [-0.15, -0.1) is 0 Å². The van der Waals surface area contributed by atoms with Gasteiger partial charge in [0.05, 0.1) is 18.2 Å². The number of carbonyl (C=O) groups is 2. The second-order valence-corrected chi connectivity index (χ2v) is 13.3. The average molecular weight is 566 g/mol. The number of methoxy groups -OCH3 is 1. The number of hydrogen-bond donors (Lipinski definition) is 1. The van der Waals surface area contributed by atoms with Crippen molar-refractivity contribution < 1.29 is 19.1 Å². The van der Waals surface area contributed by atoms with Crippen LogP contribution in [0.25, 0.3) is 0 Å². The predicted octanol–water partition coefficient (Wildman–Crippen LogP) is 4.90. The van der Waals surface area contributed by atoms with Gasteiger partial charge in [0, 0.05) is 30.1 Å². The lowest BCUT2D eigenvalue weighted by Gasteiger charge is -2.57. The number of Topliss-reactive ketones (excluding diaryl/α,β-unsaturated/α-hetero) is 1. The molecule has 1 N–H and O–H groups in total. The van der Waals surface area contributed by atoms with E-state index in [0.29, 0.717) is 43.6 Å². The number of H-pyrrole nitrogens is 1. The first-order valence-corrected chi connectivity index (χ1v) is 15.4. The van der Waals surface area contributed by atoms with Crippen molar-refractivity contribution in [2.45, 2.75) is 68.9 Å². The highest BCUT2D eigenvalue weighted by Crippen LogP contribution is 2.67. The zero-order chi connectivity index (χ0) is 29.0. The van der Waals surface area contributed by atoms with Crippen molar-refractivity contribution in [3.8, 4) is 11.5 Å². The Morgan fingerprint density at radius 3 is 2.50 bits per heavy atom. The molecule has 2 aromatic carbocycles. The Hall–Kier alpha value is -3.58. The molecule has 2 fully saturated rings. The number of carbonyl (C=O) groups excluding carboxylic acids is 2. The third-order valence-corrected chi connectivity index (χ3v) is 11.8. The van der Waals surface area contributed by atoms with Crippen LogP contribution >= 0.6 is 0 Å². The molecule has 218 valence electrons. The molecule has 7 nitrogen and oxygen atoms in total. The smallest absolute Gasteiger partial charge is 0.270 e. The van der Waals surface area contributed by atoms with Crippen LogP contribution in [0.5, 0.6) is 11.5 Å². The Bertz CT molecular complexity index is 1620. The minimum atomic E-state index is -0.527. The highest BCUT2D eigenvalue weighted by molar-refractivity contribution is 5.95. The van der Waals surface area contributed by atoms with Gasteiger partial charge in [0.2, 0.25) is 0 Å². The molecule has 3 aliphatic heterocycles. The summed E-state index contributed by atoms with van der Waals surface area (Å²) in [5, 5.41) is 0. The lowest BCUT2D eigenvalue weighted by atomic mass is 9.51. The molecule has 2 bridgehead atoms. The molecule has 2 aliphatic carbocycles. The van der Waals surface area contributed by atoms with E-state index in [9.17, 15) is 9.59 Å². The maximum absolute atomic E-state index is 14.1. The van der Waals surface area contributed by atoms with E-state index in [2.05, 4.69) is 48.1 Å². The highest BCUT2D eigenvalue weighted by Gasteiger charge is 2.65. The molecule has 0 saturated carbocycles. The topological polar surface area (TPSA) is 74.9 Å². The van der Waals surface area contributed by atoms with Gasteiger partial charge in [0.15, 0.2) is 11.5 Å². The fourth-order valence-electron chi connectivity index (χ4n) is 9.50. The maximum atomic E-state index is 14.1. The lowest BCUT2D eigenvalue weighted by molar-refractivity contribution is -0.124. The summed E-state index contributed by atoms with van der Waals surface area (Å²) < 4.78 is 12.7. The number of benzene rings is 2. The first kappa shape index (κ1) is 26.1. The number of hydrogen-bond acceptors (Lipinski definition) is 5. The van der Waals surface area contributed by atoms with Gasteiger partial charge in [0.1, 0.15) is 17.6 Å². The van der Waals surface area contributed by atoms with Gasteiger partial charge in [-0.1, -0.05) is 36.4 Å². The van der Waals surface area contributed by atoms with Crippen LogP contribution in [0.1, 0.15) is 76.3 Å². The third kappa shape index (κ3) is 3.20. The standard InChI is InChI=1S/C35H39N3O4/c1-20-24-19-25-26-18-22-10-11-27(41-4)31-28(22)35(25,14-15-37(26)3)32(42-31)30(24)36-29(20)33(40)38-16-12-34(13-17-38,21(2)39)23-8-6-5-7-9-23/h5-11,25-26,32,36H,12-19H2,1-4H3/t25-,26+,32-,35?/m0/s1. The van der Waals surface area contributed by atoms with Crippen LogP contribution in [0.2, 0.25) is 0 Å². The van der Waals surface area contributed by atoms with Crippen molar-refractivity contribution in [3.05, 3.63) is 81.7 Å². The van der Waals surface area contributed by atoms with Gasteiger partial charge in [-0.2, -0.15) is 0 Å². The number of likely N-dealkylation sites (N-methyl/N-ethyl adjacent to an activating group) is 1. The first-order chi connectivity index (χ1) is 20.3. The van der Waals surface area contributed by atoms with Crippen LogP contribution < -0.4 is 9.47 Å². The third-order valence-electron chi connectivity index (χ3n) is 11.8. The summed E-state index contributed by atoms with van der Waals surface area (Å²) in [5.74, 6) is 2.33. The van der Waals surface area contributed by atoms with Gasteiger partial charge >= 0.3 is 0 Å². The van der Waals surface area contributed by atoms with E-state index in [1.54, 1.807) is 14.0 Å². The molecule has 3 aromatic rings. The Labute approximate surface area is 247 Å². The van der Waals surface area contributed by atoms with E-state index >= 15 is 0 Å². The second kappa shape index (κ2) is 8.96. The number of ketones is 1. The number of nitrogens with one attached hydrogen (secondary N) is 1. The molecule has 1 aromatic heterocycles. The number of aromatic nitrogens is 1. The summed E-state index contributed by atoms with van der Waals surface area (Å²) >= 11 is 0. The van der Waals surface area contributed by atoms with Crippen molar-refractivity contribution in [1.29, 1.82) is 0 Å². The Morgan fingerprint density at radius 1 is 1.02 bits per heavy atom. The van der Waals surface area contributed by atoms with Crippen LogP contribution in [0.3, 0.4) is 0 Å². The molecule has 1 unspecified atom stereocenters. The van der Waals surface area contributed by atoms with E-state index in [0.717, 1.165) is 54.1 Å². The first-order valence-electron chi connectivity index (χ1n) is 15.4. The number of rotatable bonds is 4. The molecular weight excluding hydrogens is 526 g/mol. The quantitative estimate of drug-likeness (QED) is 0.487. The van der Waals surface area contributed by atoms with Crippen molar-refractivity contribution in [2.75, 3.05) is 33.8 Å². The number of likely N-dealkylation sites (tertiary alicyclic amines) is 2. The largest absolute Gasteiger partial charge is 0.493 e. The number of ether oxygens (including phenoxy) is 2. The summed E-state index contributed by atoms with van der Waals surface area (Å²) in [7, 11) is 3.98. The van der Waals surface area contributed by atoms with Gasteiger partial charge in [-0.05, 0) is 93.8 Å². The Morgan fingerprint density at radius 2 is 1.79 bits per heavy atom. The minimum absolute atomic E-state index is 0.0291. The van der Waals surface area contributed by atoms with Crippen LogP contribution in [0, 0.1) is 12.8 Å². The van der Waals surface area contributed by atoms with Crippen molar-refractivity contribution in [3.63, 3.8) is 0 Å². The molecule has 7 heteroatoms. The number of aromatic amines is 1. The normalized spacial score (nSPS) is 28.5. The summed E-state index contributed by atoms with van der Waals surface area (Å²) in [4.78, 5) is 35.2. The van der Waals surface area contributed by atoms with E-state index in [1.807, 2.05) is 23.1 Å². The van der Waals surface area contributed by atoms with Crippen LogP contribution in [-0.4, -0.2) is 66.3 Å². The fourth-order valence-corrected chi connectivity index (χ4v) is 9.50. The van der Waals surface area contributed by atoms with Crippen molar-refractivity contribution in [1.82, 2.24) is 14.8 Å². The molecule has 1 spiro atoms. The number of fused-ring (bicyclic) bond motifs is 2. The molecule has 0 radical (unpaired) electrons. The second-order valence-electron chi connectivity index (χ2n) is 13.3. The average Bonchev–Trinajstić information content (AvgIpc) is 3.53. The Balaban J connectivity index is 1.15. The van der Waals surface area contributed by atoms with Crippen LogP contribution in [-0.2, 0) is 28.5 Å². The molecule has 4 atom stereocenters. The highest BCUT2D eigenvalue weighted by atomic mass is 16.5. The summed E-state index contributed by atoms with van der Waals surface area (Å²) in [5.41, 5.74) is 7.20. The summed E-state index contributed by atoms with van der Waals surface area (Å²) in [6.07, 6.45) is 4.11. The van der Waals surface area contributed by atoms with Crippen molar-refractivity contribution in [2.24, 2.45) is 5.92 Å². The van der Waals surface area contributed by atoms with Gasteiger partial charge in [-0.25, -0.2) is 0 Å². The molecule has 8 rings (SSSR count). The van der Waals surface area contributed by atoms with E-state index in [4.69, 9.17) is 9.47 Å². The molecular formula is C35H39N3O4. The fraction of sp³-hybridized carbons (Fsp3) is 0.486. The van der Waals surface area contributed by atoms with E-state index in [-0.39, 0.29) is 23.2 Å². The zero-order valence-electron chi connectivity index (χ0n) is 25.0. The van der Waals surface area contributed by atoms with E-state index < -0.39 is 5.41 Å². The van der Waals surface area contributed by atoms with Crippen LogP contribution in [0.4, 0.5) is 0 Å². The van der Waals surface area contributed by atoms with Gasteiger partial charge < -0.3 is 24.3 Å². The minimum Gasteiger partial charge on any atom is -0.493 e.